The molecule has 0 bridgehead atoms. The summed E-state index contributed by atoms with van der Waals surface area (Å²) in [6, 6.07) is 28.8. The standard InChI is InChI=1S/C34H26ClFN4O3S2/c1-21-20-44-34(37-21)40-33(43)30(22-9-4-2-5-10-22)45-25-17-15-24(16-18-25)38-32(42)29(19-26-27(35)13-8-14-28(26)36)39-31(41)23-11-6-3-7-12-23/h2-20,30H,1H3,(H,38,42)(H,39,41)(H,37,40,43)/b29-19-. The van der Waals surface area contributed by atoms with Crippen LogP contribution in [0.4, 0.5) is 15.2 Å². The molecular formula is C34H26ClFN4O3S2. The van der Waals surface area contributed by atoms with E-state index in [2.05, 4.69) is 20.9 Å². The van der Waals surface area contributed by atoms with Crippen LogP contribution in [0.5, 0.6) is 0 Å². The lowest BCUT2D eigenvalue weighted by atomic mass is 10.1. The van der Waals surface area contributed by atoms with Crippen LogP contribution in [0, 0.1) is 12.7 Å². The van der Waals surface area contributed by atoms with Crippen LogP contribution in [-0.4, -0.2) is 22.7 Å². The van der Waals surface area contributed by atoms with Gasteiger partial charge in [0, 0.05) is 27.1 Å². The Morgan fingerprint density at radius 1 is 0.889 bits per heavy atom. The lowest BCUT2D eigenvalue weighted by molar-refractivity contribution is -0.116. The molecule has 0 fully saturated rings. The number of nitrogens with zero attached hydrogens (tertiary/aromatic N) is 1. The van der Waals surface area contributed by atoms with E-state index in [9.17, 15) is 18.8 Å². The van der Waals surface area contributed by atoms with Gasteiger partial charge in [-0.05, 0) is 67.1 Å². The molecule has 7 nitrogen and oxygen atoms in total. The van der Waals surface area contributed by atoms with Gasteiger partial charge in [-0.25, -0.2) is 9.37 Å². The SMILES string of the molecule is Cc1csc(NC(=O)C(Sc2ccc(NC(=O)/C(=C/c3c(F)cccc3Cl)NC(=O)c3ccccc3)cc2)c2ccccc2)n1. The first-order chi connectivity index (χ1) is 21.8. The quantitative estimate of drug-likeness (QED) is 0.104. The second-order valence-electron chi connectivity index (χ2n) is 9.68. The monoisotopic (exact) mass is 656 g/mol. The van der Waals surface area contributed by atoms with E-state index in [0.29, 0.717) is 16.4 Å². The van der Waals surface area contributed by atoms with Crippen molar-refractivity contribution in [3.8, 4) is 0 Å². The highest BCUT2D eigenvalue weighted by Gasteiger charge is 2.23. The second kappa shape index (κ2) is 14.8. The molecule has 3 amide bonds. The maximum absolute atomic E-state index is 14.6. The number of hydrogen-bond acceptors (Lipinski definition) is 6. The van der Waals surface area contributed by atoms with Crippen LogP contribution >= 0.6 is 34.7 Å². The van der Waals surface area contributed by atoms with Crippen molar-refractivity contribution >= 4 is 69.3 Å². The lowest BCUT2D eigenvalue weighted by Gasteiger charge is -2.17. The Labute approximate surface area is 272 Å². The number of aryl methyl sites for hydroxylation is 1. The smallest absolute Gasteiger partial charge is 0.272 e. The van der Waals surface area contributed by atoms with Crippen LogP contribution in [-0.2, 0) is 9.59 Å². The number of thiazole rings is 1. The zero-order valence-electron chi connectivity index (χ0n) is 23.8. The van der Waals surface area contributed by atoms with Crippen molar-refractivity contribution in [3.05, 3.63) is 147 Å². The average molecular weight is 657 g/mol. The first-order valence-corrected chi connectivity index (χ1v) is 15.8. The molecule has 1 aromatic heterocycles. The lowest BCUT2D eigenvalue weighted by Crippen LogP contribution is -2.30. The fraction of sp³-hybridized carbons (Fsp3) is 0.0588. The Morgan fingerprint density at radius 2 is 1.58 bits per heavy atom. The molecule has 0 radical (unpaired) electrons. The molecule has 0 saturated heterocycles. The molecule has 3 N–H and O–H groups in total. The molecule has 1 atom stereocenters. The summed E-state index contributed by atoms with van der Waals surface area (Å²) in [5.74, 6) is -2.09. The van der Waals surface area contributed by atoms with E-state index in [4.69, 9.17) is 11.6 Å². The number of hydrogen-bond donors (Lipinski definition) is 3. The molecule has 1 heterocycles. The fourth-order valence-corrected chi connectivity index (χ4v) is 6.10. The number of nitrogens with one attached hydrogen (secondary N) is 3. The molecule has 11 heteroatoms. The number of benzene rings is 4. The molecule has 226 valence electrons. The molecule has 4 aromatic carbocycles. The number of amides is 3. The van der Waals surface area contributed by atoms with E-state index in [1.54, 1.807) is 54.6 Å². The van der Waals surface area contributed by atoms with Crippen molar-refractivity contribution in [3.63, 3.8) is 0 Å². The summed E-state index contributed by atoms with van der Waals surface area (Å²) >= 11 is 8.91. The van der Waals surface area contributed by atoms with Gasteiger partial charge in [-0.3, -0.25) is 14.4 Å². The van der Waals surface area contributed by atoms with E-state index in [1.807, 2.05) is 42.6 Å². The predicted molar refractivity (Wildman–Crippen MR) is 179 cm³/mol. The van der Waals surface area contributed by atoms with E-state index in [1.165, 1.54) is 47.4 Å². The summed E-state index contributed by atoms with van der Waals surface area (Å²) < 4.78 is 14.6. The van der Waals surface area contributed by atoms with Crippen molar-refractivity contribution in [1.82, 2.24) is 10.3 Å². The third-order valence-corrected chi connectivity index (χ3v) is 8.84. The number of halogens is 2. The van der Waals surface area contributed by atoms with E-state index in [-0.39, 0.29) is 22.2 Å². The molecule has 5 aromatic rings. The number of carbonyl (C=O) groups excluding carboxylic acids is 3. The van der Waals surface area contributed by atoms with Gasteiger partial charge in [-0.15, -0.1) is 23.1 Å². The van der Waals surface area contributed by atoms with Gasteiger partial charge in [0.1, 0.15) is 16.8 Å². The fourth-order valence-electron chi connectivity index (χ4n) is 4.17. The molecule has 45 heavy (non-hydrogen) atoms. The Balaban J connectivity index is 1.34. The Morgan fingerprint density at radius 3 is 2.22 bits per heavy atom. The Hall–Kier alpha value is -4.77. The third-order valence-electron chi connectivity index (χ3n) is 6.37. The highest BCUT2D eigenvalue weighted by Crippen LogP contribution is 2.37. The van der Waals surface area contributed by atoms with Crippen molar-refractivity contribution in [2.75, 3.05) is 10.6 Å². The van der Waals surface area contributed by atoms with Gasteiger partial charge in [0.2, 0.25) is 5.91 Å². The number of aromatic nitrogens is 1. The molecule has 0 aliphatic rings. The maximum Gasteiger partial charge on any atom is 0.272 e. The van der Waals surface area contributed by atoms with Crippen LogP contribution in [0.15, 0.2) is 119 Å². The van der Waals surface area contributed by atoms with E-state index < -0.39 is 22.9 Å². The average Bonchev–Trinajstić information content (AvgIpc) is 3.46. The van der Waals surface area contributed by atoms with Crippen molar-refractivity contribution in [2.45, 2.75) is 17.1 Å². The van der Waals surface area contributed by atoms with Crippen molar-refractivity contribution in [2.24, 2.45) is 0 Å². The second-order valence-corrected chi connectivity index (χ2v) is 12.1. The summed E-state index contributed by atoms with van der Waals surface area (Å²) in [6.07, 6.45) is 1.20. The van der Waals surface area contributed by atoms with Gasteiger partial charge in [-0.2, -0.15) is 0 Å². The van der Waals surface area contributed by atoms with Gasteiger partial charge in [-0.1, -0.05) is 66.2 Å². The summed E-state index contributed by atoms with van der Waals surface area (Å²) in [5, 5.41) is 10.1. The molecule has 0 saturated carbocycles. The molecule has 0 aliphatic heterocycles. The number of anilines is 2. The van der Waals surface area contributed by atoms with Crippen LogP contribution in [0.3, 0.4) is 0 Å². The van der Waals surface area contributed by atoms with Crippen LogP contribution in [0.1, 0.15) is 32.4 Å². The molecule has 0 aliphatic carbocycles. The number of rotatable bonds is 10. The minimum Gasteiger partial charge on any atom is -0.321 e. The highest BCUT2D eigenvalue weighted by atomic mass is 35.5. The maximum atomic E-state index is 14.6. The minimum atomic E-state index is -0.681. The Bertz CT molecular complexity index is 1830. The number of thioether (sulfide) groups is 1. The van der Waals surface area contributed by atoms with E-state index in [0.717, 1.165) is 16.2 Å². The van der Waals surface area contributed by atoms with Gasteiger partial charge >= 0.3 is 0 Å². The van der Waals surface area contributed by atoms with Gasteiger partial charge < -0.3 is 16.0 Å². The van der Waals surface area contributed by atoms with E-state index >= 15 is 0 Å². The van der Waals surface area contributed by atoms with Gasteiger partial charge in [0.25, 0.3) is 11.8 Å². The summed E-state index contributed by atoms with van der Waals surface area (Å²) in [6.45, 7) is 1.86. The van der Waals surface area contributed by atoms with Crippen LogP contribution in [0.2, 0.25) is 5.02 Å². The zero-order valence-corrected chi connectivity index (χ0v) is 26.2. The van der Waals surface area contributed by atoms with Crippen molar-refractivity contribution < 1.29 is 18.8 Å². The minimum absolute atomic E-state index is 0.0393. The highest BCUT2D eigenvalue weighted by molar-refractivity contribution is 8.00. The summed E-state index contributed by atoms with van der Waals surface area (Å²) in [7, 11) is 0. The van der Waals surface area contributed by atoms with Crippen LogP contribution in [0.25, 0.3) is 6.08 Å². The summed E-state index contributed by atoms with van der Waals surface area (Å²) in [4.78, 5) is 44.7. The van der Waals surface area contributed by atoms with Crippen molar-refractivity contribution in [1.29, 1.82) is 0 Å². The predicted octanol–water partition coefficient (Wildman–Crippen LogP) is 8.13. The molecule has 0 spiro atoms. The molecule has 1 unspecified atom stereocenters. The first-order valence-electron chi connectivity index (χ1n) is 13.6. The van der Waals surface area contributed by atoms with Gasteiger partial charge in [0.15, 0.2) is 5.13 Å². The summed E-state index contributed by atoms with van der Waals surface area (Å²) in [5.41, 5.74) is 2.14. The molecular weight excluding hydrogens is 631 g/mol. The normalized spacial score (nSPS) is 11.8. The topological polar surface area (TPSA) is 100 Å². The third kappa shape index (κ3) is 8.45. The largest absolute Gasteiger partial charge is 0.321 e. The Kier molecular flexibility index (Phi) is 10.4. The van der Waals surface area contributed by atoms with Crippen LogP contribution < -0.4 is 16.0 Å². The zero-order chi connectivity index (χ0) is 31.8. The van der Waals surface area contributed by atoms with Gasteiger partial charge in [0.05, 0.1) is 10.7 Å². The number of carbonyl (C=O) groups is 3. The first kappa shape index (κ1) is 31.6. The molecule has 5 rings (SSSR count).